The average Bonchev–Trinajstić information content (AvgIpc) is 2.92. The van der Waals surface area contributed by atoms with Gasteiger partial charge in [0.2, 0.25) is 0 Å². The standard InChI is InChI=1S/2C7H9O.2ClH.Zr/c2*8-6-5-7-3-1-2-4-7;;;/h2*1,3,8H,2,5-6H2;2*1H;/q2*-1;;;+4/p-2. The second-order valence-electron chi connectivity index (χ2n) is 3.56. The predicted molar refractivity (Wildman–Crippen MR) is 64.4 cm³/mol. The fourth-order valence-corrected chi connectivity index (χ4v) is 1.48. The first-order chi connectivity index (χ1) is 7.86. The van der Waals surface area contributed by atoms with Crippen LogP contribution in [0.15, 0.2) is 35.5 Å². The molecule has 0 unspecified atom stereocenters. The van der Waals surface area contributed by atoms with Gasteiger partial charge in [-0.15, -0.1) is 12.8 Å². The molecule has 0 aromatic carbocycles. The SMILES string of the molecule is OCCC1=[C-]CC=C1.OCCC1=[C-]CC=C1.[Cl-].[Cl-].[Zr+4]. The van der Waals surface area contributed by atoms with Crippen molar-refractivity contribution in [2.24, 2.45) is 0 Å². The fraction of sp³-hybridized carbons (Fsp3) is 0.429. The van der Waals surface area contributed by atoms with Crippen LogP contribution >= 0.6 is 0 Å². The maximum atomic E-state index is 8.43. The Morgan fingerprint density at radius 2 is 1.21 bits per heavy atom. The van der Waals surface area contributed by atoms with E-state index in [9.17, 15) is 0 Å². The summed E-state index contributed by atoms with van der Waals surface area (Å²) in [5.41, 5.74) is 2.29. The van der Waals surface area contributed by atoms with Crippen molar-refractivity contribution in [3.05, 3.63) is 47.6 Å². The summed E-state index contributed by atoms with van der Waals surface area (Å²) in [7, 11) is 0. The van der Waals surface area contributed by atoms with Crippen LogP contribution in [-0.4, -0.2) is 23.4 Å². The molecule has 0 amide bonds. The van der Waals surface area contributed by atoms with E-state index >= 15 is 0 Å². The largest absolute Gasteiger partial charge is 4.00 e. The zero-order valence-corrected chi connectivity index (χ0v) is 14.7. The molecule has 0 saturated carbocycles. The molecule has 0 bridgehead atoms. The van der Waals surface area contributed by atoms with Gasteiger partial charge in [-0.2, -0.15) is 12.2 Å². The quantitative estimate of drug-likeness (QED) is 0.490. The number of hydrogen-bond acceptors (Lipinski definition) is 2. The van der Waals surface area contributed by atoms with Crippen molar-refractivity contribution >= 4 is 0 Å². The second-order valence-corrected chi connectivity index (χ2v) is 3.56. The van der Waals surface area contributed by atoms with Crippen LogP contribution < -0.4 is 24.8 Å². The van der Waals surface area contributed by atoms with Gasteiger partial charge in [-0.3, -0.25) is 12.2 Å². The molecule has 19 heavy (non-hydrogen) atoms. The minimum atomic E-state index is 0. The van der Waals surface area contributed by atoms with Crippen LogP contribution in [-0.2, 0) is 26.2 Å². The first kappa shape index (κ1) is 24.4. The molecule has 5 heteroatoms. The summed E-state index contributed by atoms with van der Waals surface area (Å²) in [5.74, 6) is 0. The molecule has 0 aliphatic heterocycles. The predicted octanol–water partition coefficient (Wildman–Crippen LogP) is -3.88. The molecular weight excluding hydrogens is 362 g/mol. The van der Waals surface area contributed by atoms with Crippen LogP contribution in [0.2, 0.25) is 0 Å². The topological polar surface area (TPSA) is 40.5 Å². The molecule has 0 radical (unpaired) electrons. The van der Waals surface area contributed by atoms with E-state index in [-0.39, 0.29) is 64.2 Å². The third-order valence-electron chi connectivity index (χ3n) is 2.29. The van der Waals surface area contributed by atoms with Crippen LogP contribution in [0.3, 0.4) is 0 Å². The third-order valence-corrected chi connectivity index (χ3v) is 2.29. The molecule has 104 valence electrons. The molecule has 0 aromatic rings. The minimum Gasteiger partial charge on any atom is -1.00 e. The Labute approximate surface area is 147 Å². The molecule has 2 N–H and O–H groups in total. The summed E-state index contributed by atoms with van der Waals surface area (Å²) in [4.78, 5) is 0. The van der Waals surface area contributed by atoms with Crippen molar-refractivity contribution in [1.29, 1.82) is 0 Å². The van der Waals surface area contributed by atoms with Crippen LogP contribution in [0.4, 0.5) is 0 Å². The zero-order chi connectivity index (χ0) is 11.6. The third kappa shape index (κ3) is 11.8. The van der Waals surface area contributed by atoms with Gasteiger partial charge in [0.1, 0.15) is 0 Å². The summed E-state index contributed by atoms with van der Waals surface area (Å²) < 4.78 is 0. The van der Waals surface area contributed by atoms with Crippen molar-refractivity contribution < 1.29 is 61.2 Å². The number of aliphatic hydroxyl groups excluding tert-OH is 2. The fourth-order valence-electron chi connectivity index (χ4n) is 1.48. The number of rotatable bonds is 4. The Hall–Kier alpha value is 0.343. The van der Waals surface area contributed by atoms with E-state index in [0.29, 0.717) is 0 Å². The molecule has 2 aliphatic rings. The van der Waals surface area contributed by atoms with Crippen LogP contribution in [0.25, 0.3) is 0 Å². The van der Waals surface area contributed by atoms with Crippen LogP contribution in [0.5, 0.6) is 0 Å². The Bertz CT molecular complexity index is 291. The Balaban J connectivity index is -0.000000233. The van der Waals surface area contributed by atoms with Gasteiger partial charge in [0, 0.05) is 13.2 Å². The number of hydrogen-bond donors (Lipinski definition) is 2. The second kappa shape index (κ2) is 16.4. The molecule has 0 heterocycles. The van der Waals surface area contributed by atoms with Crippen molar-refractivity contribution in [3.8, 4) is 0 Å². The summed E-state index contributed by atoms with van der Waals surface area (Å²) >= 11 is 0. The first-order valence-electron chi connectivity index (χ1n) is 5.61. The number of halogens is 2. The van der Waals surface area contributed by atoms with E-state index in [1.807, 2.05) is 24.3 Å². The molecule has 2 nitrogen and oxygen atoms in total. The van der Waals surface area contributed by atoms with Gasteiger partial charge in [-0.1, -0.05) is 0 Å². The molecule has 0 spiro atoms. The maximum Gasteiger partial charge on any atom is 4.00 e. The molecule has 0 aromatic heterocycles. The van der Waals surface area contributed by atoms with Crippen molar-refractivity contribution in [1.82, 2.24) is 0 Å². The molecule has 0 saturated heterocycles. The minimum absolute atomic E-state index is 0. The van der Waals surface area contributed by atoms with Crippen LogP contribution in [0.1, 0.15) is 25.7 Å². The molecule has 2 rings (SSSR count). The van der Waals surface area contributed by atoms with E-state index in [2.05, 4.69) is 12.2 Å². The van der Waals surface area contributed by atoms with Gasteiger partial charge in [-0.05, 0) is 12.8 Å². The summed E-state index contributed by atoms with van der Waals surface area (Å²) in [5, 5.41) is 16.9. The van der Waals surface area contributed by atoms with Gasteiger partial charge in [0.25, 0.3) is 0 Å². The van der Waals surface area contributed by atoms with Gasteiger partial charge in [0.05, 0.1) is 0 Å². The first-order valence-corrected chi connectivity index (χ1v) is 5.61. The average molecular weight is 380 g/mol. The van der Waals surface area contributed by atoms with Gasteiger partial charge >= 0.3 is 26.2 Å². The summed E-state index contributed by atoms with van der Waals surface area (Å²) in [6.07, 6.45) is 17.7. The molecule has 0 fully saturated rings. The number of aliphatic hydroxyl groups is 2. The van der Waals surface area contributed by atoms with E-state index in [1.165, 1.54) is 0 Å². The van der Waals surface area contributed by atoms with E-state index in [0.717, 1.165) is 36.8 Å². The van der Waals surface area contributed by atoms with Crippen molar-refractivity contribution in [2.45, 2.75) is 25.7 Å². The molecule has 0 atom stereocenters. The van der Waals surface area contributed by atoms with E-state index < -0.39 is 0 Å². The smallest absolute Gasteiger partial charge is 1.00 e. The maximum absolute atomic E-state index is 8.43. The Morgan fingerprint density at radius 1 is 0.842 bits per heavy atom. The van der Waals surface area contributed by atoms with E-state index in [1.54, 1.807) is 0 Å². The zero-order valence-electron chi connectivity index (χ0n) is 10.7. The summed E-state index contributed by atoms with van der Waals surface area (Å²) in [6.45, 7) is 0.485. The van der Waals surface area contributed by atoms with Crippen molar-refractivity contribution in [2.75, 3.05) is 13.2 Å². The van der Waals surface area contributed by atoms with E-state index in [4.69, 9.17) is 10.2 Å². The molecule has 2 aliphatic carbocycles. The monoisotopic (exact) mass is 378 g/mol. The van der Waals surface area contributed by atoms with Gasteiger partial charge < -0.3 is 35.0 Å². The summed E-state index contributed by atoms with van der Waals surface area (Å²) in [6, 6.07) is 0. The van der Waals surface area contributed by atoms with Crippen LogP contribution in [0, 0.1) is 12.2 Å². The van der Waals surface area contributed by atoms with Gasteiger partial charge in [-0.25, -0.2) is 23.3 Å². The number of allylic oxidation sites excluding steroid dienone is 6. The van der Waals surface area contributed by atoms with Crippen molar-refractivity contribution in [3.63, 3.8) is 0 Å². The normalized spacial score (nSPS) is 14.2. The molecular formula is C14H18Cl2O2Zr. The Kier molecular flexibility index (Phi) is 21.0. The van der Waals surface area contributed by atoms with Gasteiger partial charge in [0.15, 0.2) is 0 Å². The Morgan fingerprint density at radius 3 is 1.42 bits per heavy atom.